The number of para-hydroxylation sites is 3. The van der Waals surface area contributed by atoms with Crippen LogP contribution in [-0.2, 0) is 6.54 Å². The van der Waals surface area contributed by atoms with Crippen molar-refractivity contribution in [3.05, 3.63) is 108 Å². The fraction of sp³-hybridized carbons (Fsp3) is 0.289. The molecule has 50 heavy (non-hydrogen) atoms. The van der Waals surface area contributed by atoms with Gasteiger partial charge in [-0.15, -0.1) is 0 Å². The van der Waals surface area contributed by atoms with Crippen LogP contribution in [0.25, 0.3) is 0 Å². The van der Waals surface area contributed by atoms with Crippen LogP contribution in [0.15, 0.2) is 91.0 Å². The Balaban J connectivity index is 1.32. The average Bonchev–Trinajstić information content (AvgIpc) is 3.11. The molecule has 0 radical (unpaired) electrons. The number of anilines is 4. The van der Waals surface area contributed by atoms with Crippen LogP contribution >= 0.6 is 0 Å². The molecule has 0 saturated heterocycles. The van der Waals surface area contributed by atoms with Crippen LogP contribution in [0.4, 0.5) is 27.5 Å². The van der Waals surface area contributed by atoms with E-state index in [1.807, 2.05) is 38.2 Å². The number of aliphatic hydroxyl groups excluding tert-OH is 1. The summed E-state index contributed by atoms with van der Waals surface area (Å²) in [5, 5.41) is 18.5. The maximum atomic E-state index is 13.8. The van der Waals surface area contributed by atoms with Gasteiger partial charge in [0.15, 0.2) is 5.75 Å². The maximum Gasteiger partial charge on any atom is 0.323 e. The number of hydrogen-bond acceptors (Lipinski definition) is 8. The average molecular weight is 681 g/mol. The van der Waals surface area contributed by atoms with E-state index < -0.39 is 18.2 Å². The third kappa shape index (κ3) is 8.70. The molecule has 0 aliphatic carbocycles. The predicted molar refractivity (Wildman–Crippen MR) is 195 cm³/mol. The number of ether oxygens (including phenoxy) is 2. The summed E-state index contributed by atoms with van der Waals surface area (Å²) in [5.41, 5.74) is 9.71. The molecule has 1 heterocycles. The van der Waals surface area contributed by atoms with E-state index in [-0.39, 0.29) is 30.1 Å². The minimum atomic E-state index is -0.506. The van der Waals surface area contributed by atoms with Crippen LogP contribution in [0.5, 0.6) is 11.5 Å². The second-order valence-electron chi connectivity index (χ2n) is 12.5. The van der Waals surface area contributed by atoms with E-state index >= 15 is 0 Å². The first kappa shape index (κ1) is 35.7. The Hall–Kier alpha value is -5.59. The normalized spacial score (nSPS) is 16.4. The molecule has 0 bridgehead atoms. The topological polar surface area (TPSA) is 158 Å². The minimum Gasteiger partial charge on any atom is -0.497 e. The highest BCUT2D eigenvalue weighted by Crippen LogP contribution is 2.35. The molecular weight excluding hydrogens is 636 g/mol. The second kappa shape index (κ2) is 16.2. The molecule has 0 fully saturated rings. The SMILES string of the molecule is COc1ccc(NC(=O)Nc2cccc3c2O[C@@H](CN(C)Cc2ccc(C(=O)Nc4ccccc4N)cc2)[C@H](C)CN([C@@H](C)CO)C3=O)cc1. The molecule has 1 aliphatic rings. The maximum absolute atomic E-state index is 13.8. The first-order valence-corrected chi connectivity index (χ1v) is 16.4. The van der Waals surface area contributed by atoms with Crippen LogP contribution < -0.4 is 31.2 Å². The number of nitrogens with two attached hydrogens (primary N) is 1. The quantitative estimate of drug-likeness (QED) is 0.130. The fourth-order valence-electron chi connectivity index (χ4n) is 5.77. The van der Waals surface area contributed by atoms with Gasteiger partial charge in [-0.05, 0) is 80.2 Å². The zero-order valence-electron chi connectivity index (χ0n) is 28.7. The largest absolute Gasteiger partial charge is 0.497 e. The van der Waals surface area contributed by atoms with E-state index in [0.29, 0.717) is 59.3 Å². The molecule has 0 unspecified atom stereocenters. The molecule has 0 spiro atoms. The Labute approximate surface area is 292 Å². The third-order valence-corrected chi connectivity index (χ3v) is 8.66. The number of aliphatic hydroxyl groups is 1. The van der Waals surface area contributed by atoms with E-state index in [2.05, 4.69) is 20.9 Å². The Bertz CT molecular complexity index is 1800. The monoisotopic (exact) mass is 680 g/mol. The van der Waals surface area contributed by atoms with Crippen molar-refractivity contribution in [3.63, 3.8) is 0 Å². The number of nitrogens with zero attached hydrogens (tertiary/aromatic N) is 2. The molecule has 4 aromatic carbocycles. The molecule has 4 amide bonds. The van der Waals surface area contributed by atoms with Gasteiger partial charge in [-0.3, -0.25) is 14.5 Å². The van der Waals surface area contributed by atoms with Gasteiger partial charge < -0.3 is 41.2 Å². The lowest BCUT2D eigenvalue weighted by Gasteiger charge is -2.38. The number of benzene rings is 4. The fourth-order valence-corrected chi connectivity index (χ4v) is 5.77. The third-order valence-electron chi connectivity index (χ3n) is 8.66. The highest BCUT2D eigenvalue weighted by Gasteiger charge is 2.34. The van der Waals surface area contributed by atoms with Gasteiger partial charge in [0.25, 0.3) is 11.8 Å². The number of fused-ring (bicyclic) bond motifs is 1. The molecule has 6 N–H and O–H groups in total. The molecule has 4 aromatic rings. The summed E-state index contributed by atoms with van der Waals surface area (Å²) in [6.45, 7) is 5.02. The summed E-state index contributed by atoms with van der Waals surface area (Å²) in [6.07, 6.45) is -0.394. The molecule has 5 rings (SSSR count). The van der Waals surface area contributed by atoms with Gasteiger partial charge in [0, 0.05) is 36.8 Å². The number of hydrogen-bond donors (Lipinski definition) is 5. The van der Waals surface area contributed by atoms with Crippen molar-refractivity contribution in [2.45, 2.75) is 32.5 Å². The zero-order chi connectivity index (χ0) is 35.8. The molecule has 0 saturated carbocycles. The van der Waals surface area contributed by atoms with Crippen molar-refractivity contribution in [2.75, 3.05) is 55.5 Å². The zero-order valence-corrected chi connectivity index (χ0v) is 28.7. The van der Waals surface area contributed by atoms with Gasteiger partial charge in [0.2, 0.25) is 0 Å². The van der Waals surface area contributed by atoms with Crippen LogP contribution in [0.1, 0.15) is 40.1 Å². The van der Waals surface area contributed by atoms with Crippen molar-refractivity contribution in [1.29, 1.82) is 0 Å². The number of carbonyl (C=O) groups excluding carboxylic acids is 3. The van der Waals surface area contributed by atoms with Gasteiger partial charge in [-0.2, -0.15) is 0 Å². The first-order chi connectivity index (χ1) is 24.1. The van der Waals surface area contributed by atoms with Crippen molar-refractivity contribution in [2.24, 2.45) is 5.92 Å². The Morgan fingerprint density at radius 2 is 1.68 bits per heavy atom. The number of urea groups is 1. The van der Waals surface area contributed by atoms with Crippen molar-refractivity contribution in [1.82, 2.24) is 9.80 Å². The number of rotatable bonds is 11. The lowest BCUT2D eigenvalue weighted by Crippen LogP contribution is -2.49. The van der Waals surface area contributed by atoms with E-state index in [1.165, 1.54) is 0 Å². The predicted octanol–water partition coefficient (Wildman–Crippen LogP) is 5.53. The second-order valence-corrected chi connectivity index (χ2v) is 12.5. The molecule has 262 valence electrons. The highest BCUT2D eigenvalue weighted by molar-refractivity contribution is 6.06. The van der Waals surface area contributed by atoms with Gasteiger partial charge in [-0.1, -0.05) is 37.3 Å². The number of likely N-dealkylation sites (N-methyl/N-ethyl adjacent to an activating group) is 1. The summed E-state index contributed by atoms with van der Waals surface area (Å²) >= 11 is 0. The molecule has 12 heteroatoms. The minimum absolute atomic E-state index is 0.138. The smallest absolute Gasteiger partial charge is 0.323 e. The summed E-state index contributed by atoms with van der Waals surface area (Å²) in [4.78, 5) is 43.5. The molecule has 1 aliphatic heterocycles. The van der Waals surface area contributed by atoms with Crippen molar-refractivity contribution in [3.8, 4) is 11.5 Å². The standard InChI is InChI=1S/C38H44N6O6/c1-24-20-44(25(2)23-45)37(47)30-8-7-11-33(42-38(48)40-28-16-18-29(49-4)19-17-28)35(30)50-34(24)22-43(3)21-26-12-14-27(15-13-26)36(46)41-32-10-6-5-9-31(32)39/h5-19,24-25,34,45H,20-23,39H2,1-4H3,(H,41,46)(H2,40,42,48)/t24-,25+,34+/m1/s1. The van der Waals surface area contributed by atoms with E-state index in [9.17, 15) is 19.5 Å². The number of nitrogens with one attached hydrogen (secondary N) is 3. The Kier molecular flexibility index (Phi) is 11.6. The number of amides is 4. The lowest BCUT2D eigenvalue weighted by atomic mass is 9.98. The molecule has 3 atom stereocenters. The molecule has 12 nitrogen and oxygen atoms in total. The summed E-state index contributed by atoms with van der Waals surface area (Å²) < 4.78 is 11.8. The summed E-state index contributed by atoms with van der Waals surface area (Å²) in [7, 11) is 3.54. The highest BCUT2D eigenvalue weighted by atomic mass is 16.5. The lowest BCUT2D eigenvalue weighted by molar-refractivity contribution is 0.0343. The van der Waals surface area contributed by atoms with Crippen molar-refractivity contribution >= 4 is 40.6 Å². The van der Waals surface area contributed by atoms with Gasteiger partial charge >= 0.3 is 6.03 Å². The number of carbonyl (C=O) groups is 3. The molecular formula is C38H44N6O6. The van der Waals surface area contributed by atoms with Gasteiger partial charge in [0.1, 0.15) is 11.9 Å². The van der Waals surface area contributed by atoms with Crippen LogP contribution in [-0.4, -0.2) is 78.8 Å². The first-order valence-electron chi connectivity index (χ1n) is 16.4. The number of methoxy groups -OCH3 is 1. The van der Waals surface area contributed by atoms with E-state index in [4.69, 9.17) is 15.2 Å². The Morgan fingerprint density at radius 3 is 2.36 bits per heavy atom. The van der Waals surface area contributed by atoms with Gasteiger partial charge in [-0.25, -0.2) is 4.79 Å². The Morgan fingerprint density at radius 1 is 0.980 bits per heavy atom. The summed E-state index contributed by atoms with van der Waals surface area (Å²) in [6, 6.07) is 25.5. The van der Waals surface area contributed by atoms with Crippen molar-refractivity contribution < 1.29 is 29.0 Å². The number of nitrogen functional groups attached to an aromatic ring is 1. The van der Waals surface area contributed by atoms with Crippen LogP contribution in [0, 0.1) is 5.92 Å². The summed E-state index contributed by atoms with van der Waals surface area (Å²) in [5.74, 6) is 0.237. The van der Waals surface area contributed by atoms with E-state index in [1.54, 1.807) is 85.7 Å². The van der Waals surface area contributed by atoms with E-state index in [0.717, 1.165) is 5.56 Å². The van der Waals surface area contributed by atoms with Crippen LogP contribution in [0.2, 0.25) is 0 Å². The molecule has 0 aromatic heterocycles. The van der Waals surface area contributed by atoms with Crippen LogP contribution in [0.3, 0.4) is 0 Å². The van der Waals surface area contributed by atoms with Gasteiger partial charge in [0.05, 0.1) is 42.4 Å².